The molecule has 29 heavy (non-hydrogen) atoms. The molecule has 3 amide bonds. The molecule has 0 aliphatic heterocycles. The van der Waals surface area contributed by atoms with Crippen LogP contribution in [0.5, 0.6) is 5.75 Å². The van der Waals surface area contributed by atoms with Crippen LogP contribution in [0.4, 0.5) is 10.5 Å². The first-order valence-corrected chi connectivity index (χ1v) is 10.3. The Morgan fingerprint density at radius 1 is 1.07 bits per heavy atom. The highest BCUT2D eigenvalue weighted by molar-refractivity contribution is 6.51. The van der Waals surface area contributed by atoms with Crippen LogP contribution in [-0.2, 0) is 0 Å². The topological polar surface area (TPSA) is 67.4 Å². The summed E-state index contributed by atoms with van der Waals surface area (Å²) >= 11 is 30.3. The molecule has 3 rings (SSSR count). The van der Waals surface area contributed by atoms with Crippen molar-refractivity contribution in [3.8, 4) is 5.75 Å². The average molecular weight is 497 g/mol. The van der Waals surface area contributed by atoms with E-state index in [-0.39, 0.29) is 26.0 Å². The van der Waals surface area contributed by atoms with Crippen LogP contribution in [0.15, 0.2) is 36.4 Å². The minimum absolute atomic E-state index is 0.0102. The van der Waals surface area contributed by atoms with E-state index in [4.69, 9.17) is 62.7 Å². The summed E-state index contributed by atoms with van der Waals surface area (Å²) in [5.74, 6) is -0.304. The van der Waals surface area contributed by atoms with Gasteiger partial charge >= 0.3 is 6.03 Å². The Hall–Kier alpha value is -1.37. The Morgan fingerprint density at radius 3 is 2.24 bits per heavy atom. The van der Waals surface area contributed by atoms with E-state index < -0.39 is 16.3 Å². The van der Waals surface area contributed by atoms with Crippen molar-refractivity contribution < 1.29 is 14.3 Å². The summed E-state index contributed by atoms with van der Waals surface area (Å²) in [5, 5.41) is 5.22. The van der Waals surface area contributed by atoms with Gasteiger partial charge in [0, 0.05) is 11.1 Å². The largest absolute Gasteiger partial charge is 0.491 e. The zero-order chi connectivity index (χ0) is 21.4. The molecule has 0 saturated heterocycles. The van der Waals surface area contributed by atoms with Gasteiger partial charge in [0.2, 0.25) is 0 Å². The smallest absolute Gasteiger partial charge is 0.326 e. The second kappa shape index (κ2) is 8.40. The number of nitrogens with one attached hydrogen (secondary N) is 2. The predicted octanol–water partition coefficient (Wildman–Crippen LogP) is 6.57. The molecule has 1 saturated carbocycles. The van der Waals surface area contributed by atoms with Crippen molar-refractivity contribution in [2.24, 2.45) is 5.41 Å². The normalized spacial score (nSPS) is 19.4. The molecule has 2 aromatic carbocycles. The Labute approximate surface area is 192 Å². The third-order valence-electron chi connectivity index (χ3n) is 4.52. The van der Waals surface area contributed by atoms with Crippen LogP contribution < -0.4 is 15.4 Å². The van der Waals surface area contributed by atoms with Crippen LogP contribution in [0.25, 0.3) is 0 Å². The molecule has 5 nitrogen and oxygen atoms in total. The van der Waals surface area contributed by atoms with E-state index in [1.807, 2.05) is 6.92 Å². The van der Waals surface area contributed by atoms with Crippen molar-refractivity contribution in [1.29, 1.82) is 0 Å². The summed E-state index contributed by atoms with van der Waals surface area (Å²) in [5.41, 5.74) is 0.0342. The first-order chi connectivity index (χ1) is 13.5. The van der Waals surface area contributed by atoms with Crippen LogP contribution in [0.1, 0.15) is 23.7 Å². The molecular formula is C19H15Cl5N2O3. The maximum absolute atomic E-state index is 12.2. The molecule has 2 N–H and O–H groups in total. The quantitative estimate of drug-likeness (QED) is 0.460. The highest BCUT2D eigenvalue weighted by atomic mass is 35.5. The van der Waals surface area contributed by atoms with E-state index in [0.29, 0.717) is 24.5 Å². The number of carbonyl (C=O) groups is 2. The fraction of sp³-hybridized carbons (Fsp3) is 0.263. The number of hydrogen-bond acceptors (Lipinski definition) is 3. The van der Waals surface area contributed by atoms with Crippen molar-refractivity contribution in [2.45, 2.75) is 17.7 Å². The number of benzene rings is 2. The van der Waals surface area contributed by atoms with Gasteiger partial charge in [-0.3, -0.25) is 10.1 Å². The van der Waals surface area contributed by atoms with Crippen LogP contribution >= 0.6 is 58.0 Å². The average Bonchev–Trinajstić information content (AvgIpc) is 3.11. The molecule has 1 fully saturated rings. The molecule has 0 heterocycles. The summed E-state index contributed by atoms with van der Waals surface area (Å²) in [6.45, 7) is 2.23. The Morgan fingerprint density at radius 2 is 1.69 bits per heavy atom. The van der Waals surface area contributed by atoms with E-state index in [9.17, 15) is 9.59 Å². The fourth-order valence-corrected chi connectivity index (χ4v) is 4.08. The molecule has 1 unspecified atom stereocenters. The third-order valence-corrected chi connectivity index (χ3v) is 6.63. The number of urea groups is 1. The molecule has 1 atom stereocenters. The lowest BCUT2D eigenvalue weighted by atomic mass is 10.2. The van der Waals surface area contributed by atoms with E-state index >= 15 is 0 Å². The number of ether oxygens (including phenoxy) is 1. The van der Waals surface area contributed by atoms with Gasteiger partial charge in [0.15, 0.2) is 0 Å². The number of amides is 3. The van der Waals surface area contributed by atoms with Crippen LogP contribution in [-0.4, -0.2) is 22.9 Å². The number of alkyl halides is 2. The van der Waals surface area contributed by atoms with Gasteiger partial charge in [-0.2, -0.15) is 0 Å². The minimum Gasteiger partial charge on any atom is -0.491 e. The molecular weight excluding hydrogens is 481 g/mol. The lowest BCUT2D eigenvalue weighted by molar-refractivity contribution is 0.0967. The van der Waals surface area contributed by atoms with Gasteiger partial charge in [0.1, 0.15) is 10.1 Å². The first-order valence-electron chi connectivity index (χ1n) is 8.39. The number of carbonyl (C=O) groups excluding carboxylic acids is 2. The Balaban J connectivity index is 1.59. The van der Waals surface area contributed by atoms with E-state index in [1.165, 1.54) is 18.2 Å². The monoisotopic (exact) mass is 494 g/mol. The molecule has 0 bridgehead atoms. The predicted molar refractivity (Wildman–Crippen MR) is 117 cm³/mol. The highest BCUT2D eigenvalue weighted by Crippen LogP contribution is 2.63. The van der Waals surface area contributed by atoms with Gasteiger partial charge in [0.05, 0.1) is 27.2 Å². The summed E-state index contributed by atoms with van der Waals surface area (Å²) < 4.78 is 4.90. The summed E-state index contributed by atoms with van der Waals surface area (Å²) in [6, 6.07) is 8.50. The molecule has 0 spiro atoms. The van der Waals surface area contributed by atoms with Gasteiger partial charge in [0.25, 0.3) is 5.91 Å². The summed E-state index contributed by atoms with van der Waals surface area (Å²) in [7, 11) is 0. The lowest BCUT2D eigenvalue weighted by Crippen LogP contribution is -2.34. The van der Waals surface area contributed by atoms with Crippen LogP contribution in [0.3, 0.4) is 0 Å². The Kier molecular flexibility index (Phi) is 6.47. The number of imide groups is 1. The summed E-state index contributed by atoms with van der Waals surface area (Å²) in [6.07, 6.45) is 0.629. The van der Waals surface area contributed by atoms with Crippen LogP contribution in [0, 0.1) is 5.41 Å². The minimum atomic E-state index is -0.795. The number of halogens is 5. The molecule has 1 aliphatic carbocycles. The first kappa shape index (κ1) is 22.3. The van der Waals surface area contributed by atoms with Gasteiger partial charge in [-0.15, -0.1) is 23.2 Å². The van der Waals surface area contributed by atoms with Gasteiger partial charge < -0.3 is 10.1 Å². The molecule has 1 aliphatic rings. The third kappa shape index (κ3) is 5.04. The van der Waals surface area contributed by atoms with E-state index in [2.05, 4.69) is 10.6 Å². The maximum Gasteiger partial charge on any atom is 0.326 e. The molecule has 0 aromatic heterocycles. The second-order valence-electron chi connectivity index (χ2n) is 6.88. The lowest BCUT2D eigenvalue weighted by Gasteiger charge is -2.15. The number of hydrogen-bond donors (Lipinski definition) is 2. The molecule has 0 radical (unpaired) electrons. The molecule has 2 aromatic rings. The summed E-state index contributed by atoms with van der Waals surface area (Å²) in [4.78, 5) is 24.4. The van der Waals surface area contributed by atoms with Crippen molar-refractivity contribution in [3.05, 3.63) is 57.0 Å². The van der Waals surface area contributed by atoms with Crippen molar-refractivity contribution in [1.82, 2.24) is 5.32 Å². The van der Waals surface area contributed by atoms with Crippen molar-refractivity contribution in [2.75, 3.05) is 11.9 Å². The standard InChI is InChI=1S/C19H15Cl5N2O3/c1-18(8-19(18,23)24)9-29-14-6-5-10(7-13(14)22)25-17(28)26-16(27)15-11(20)3-2-4-12(15)21/h2-7H,8-9H2,1H3,(H2,25,26,27,28). The number of rotatable bonds is 5. The van der Waals surface area contributed by atoms with Gasteiger partial charge in [-0.1, -0.05) is 47.8 Å². The van der Waals surface area contributed by atoms with Crippen molar-refractivity contribution in [3.63, 3.8) is 0 Å². The fourth-order valence-electron chi connectivity index (χ4n) is 2.58. The molecule has 154 valence electrons. The zero-order valence-corrected chi connectivity index (χ0v) is 18.8. The molecule has 10 heteroatoms. The van der Waals surface area contributed by atoms with E-state index in [1.54, 1.807) is 18.2 Å². The zero-order valence-electron chi connectivity index (χ0n) is 15.0. The van der Waals surface area contributed by atoms with Crippen molar-refractivity contribution >= 4 is 75.6 Å². The number of anilines is 1. The Bertz CT molecular complexity index is 962. The van der Waals surface area contributed by atoms with Gasteiger partial charge in [-0.05, 0) is 36.8 Å². The highest BCUT2D eigenvalue weighted by Gasteiger charge is 2.63. The SMILES string of the molecule is CC1(COc2ccc(NC(=O)NC(=O)c3c(Cl)cccc3Cl)cc2Cl)CC1(Cl)Cl. The second-order valence-corrected chi connectivity index (χ2v) is 9.59. The van der Waals surface area contributed by atoms with E-state index in [0.717, 1.165) is 0 Å². The maximum atomic E-state index is 12.2. The van der Waals surface area contributed by atoms with Gasteiger partial charge in [-0.25, -0.2) is 4.79 Å². The van der Waals surface area contributed by atoms with Crippen LogP contribution in [0.2, 0.25) is 15.1 Å².